The van der Waals surface area contributed by atoms with Gasteiger partial charge in [0.2, 0.25) is 5.91 Å². The minimum Gasteiger partial charge on any atom is -0.301 e. The lowest BCUT2D eigenvalue weighted by Gasteiger charge is -2.08. The molecule has 3 nitrogen and oxygen atoms in total. The Morgan fingerprint density at radius 3 is 2.87 bits per heavy atom. The van der Waals surface area contributed by atoms with Crippen molar-refractivity contribution in [3.05, 3.63) is 52.5 Å². The summed E-state index contributed by atoms with van der Waals surface area (Å²) in [6.45, 7) is 1.92. The van der Waals surface area contributed by atoms with Gasteiger partial charge in [0.05, 0.1) is 11.4 Å². The van der Waals surface area contributed by atoms with Gasteiger partial charge in [-0.15, -0.1) is 23.1 Å². The van der Waals surface area contributed by atoms with Crippen molar-refractivity contribution >= 4 is 44.9 Å². The maximum Gasteiger partial charge on any atom is 0.236 e. The number of carbonyl (C=O) groups excluding carboxylic acids is 1. The third-order valence-electron chi connectivity index (χ3n) is 4.06. The quantitative estimate of drug-likeness (QED) is 0.714. The molecule has 0 spiro atoms. The van der Waals surface area contributed by atoms with Gasteiger partial charge in [-0.25, -0.2) is 4.98 Å². The lowest BCUT2D eigenvalue weighted by atomic mass is 10.1. The van der Waals surface area contributed by atoms with Crippen molar-refractivity contribution in [1.82, 2.24) is 4.98 Å². The van der Waals surface area contributed by atoms with Crippen molar-refractivity contribution in [2.24, 2.45) is 0 Å². The Morgan fingerprint density at radius 1 is 1.26 bits per heavy atom. The number of hydrogen-bond acceptors (Lipinski definition) is 4. The van der Waals surface area contributed by atoms with E-state index in [-0.39, 0.29) is 5.91 Å². The van der Waals surface area contributed by atoms with E-state index in [0.29, 0.717) is 10.9 Å². The summed E-state index contributed by atoms with van der Waals surface area (Å²) >= 11 is 3.06. The number of rotatable bonds is 4. The van der Waals surface area contributed by atoms with Gasteiger partial charge in [-0.3, -0.25) is 4.79 Å². The summed E-state index contributed by atoms with van der Waals surface area (Å²) in [5, 5.41) is 8.15. The van der Waals surface area contributed by atoms with Crippen LogP contribution in [0.2, 0.25) is 0 Å². The van der Waals surface area contributed by atoms with Crippen LogP contribution in [0, 0.1) is 6.92 Å². The topological polar surface area (TPSA) is 42.0 Å². The fraction of sp³-hybridized carbons (Fsp3) is 0.222. The molecule has 23 heavy (non-hydrogen) atoms. The standard InChI is InChI=1S/C18H16N2OS2/c1-11-9-23-18(19-11)20-16(21)10-22-15-8-7-13-6-5-12-3-2-4-14(15)17(12)13/h2-4,7-9H,5-6,10H2,1H3,(H,19,20,21). The fourth-order valence-corrected chi connectivity index (χ4v) is 4.61. The predicted octanol–water partition coefficient (Wildman–Crippen LogP) is 4.43. The fourth-order valence-electron chi connectivity index (χ4n) is 3.06. The lowest BCUT2D eigenvalue weighted by molar-refractivity contribution is -0.113. The largest absolute Gasteiger partial charge is 0.301 e. The number of aryl methyl sites for hydroxylation is 3. The third-order valence-corrected chi connectivity index (χ3v) is 6.01. The number of benzene rings is 2. The van der Waals surface area contributed by atoms with Crippen molar-refractivity contribution in [2.45, 2.75) is 24.7 Å². The summed E-state index contributed by atoms with van der Waals surface area (Å²) in [4.78, 5) is 17.6. The number of thioether (sulfide) groups is 1. The van der Waals surface area contributed by atoms with Gasteiger partial charge in [0.15, 0.2) is 5.13 Å². The van der Waals surface area contributed by atoms with Crippen molar-refractivity contribution < 1.29 is 4.79 Å². The average molecular weight is 340 g/mol. The summed E-state index contributed by atoms with van der Waals surface area (Å²) in [6, 6.07) is 10.9. The molecule has 0 aliphatic heterocycles. The summed E-state index contributed by atoms with van der Waals surface area (Å²) in [7, 11) is 0. The van der Waals surface area contributed by atoms with Crippen LogP contribution >= 0.6 is 23.1 Å². The molecule has 1 aliphatic carbocycles. The Balaban J connectivity index is 1.51. The van der Waals surface area contributed by atoms with Crippen LogP contribution < -0.4 is 5.32 Å². The van der Waals surface area contributed by atoms with Crippen LogP contribution in [-0.2, 0) is 17.6 Å². The number of hydrogen-bond donors (Lipinski definition) is 1. The molecule has 1 heterocycles. The SMILES string of the molecule is Cc1csc(NC(=O)CSc2ccc3c4c(cccc24)CC3)n1. The van der Waals surface area contributed by atoms with E-state index in [0.717, 1.165) is 18.5 Å². The van der Waals surface area contributed by atoms with Crippen LogP contribution in [0.5, 0.6) is 0 Å². The molecule has 1 amide bonds. The number of amides is 1. The molecule has 0 saturated heterocycles. The molecular formula is C18H16N2OS2. The summed E-state index contributed by atoms with van der Waals surface area (Å²) in [5.74, 6) is 0.393. The van der Waals surface area contributed by atoms with Gasteiger partial charge in [0.1, 0.15) is 0 Å². The van der Waals surface area contributed by atoms with Crippen LogP contribution in [0.15, 0.2) is 40.6 Å². The molecule has 2 aromatic carbocycles. The summed E-state index contributed by atoms with van der Waals surface area (Å²) in [5.41, 5.74) is 3.80. The number of thiazole rings is 1. The lowest BCUT2D eigenvalue weighted by Crippen LogP contribution is -2.13. The van der Waals surface area contributed by atoms with Gasteiger partial charge >= 0.3 is 0 Å². The maximum atomic E-state index is 12.1. The van der Waals surface area contributed by atoms with E-state index in [2.05, 4.69) is 40.6 Å². The molecule has 0 saturated carbocycles. The van der Waals surface area contributed by atoms with Crippen LogP contribution in [-0.4, -0.2) is 16.6 Å². The first-order valence-corrected chi connectivity index (χ1v) is 9.45. The molecule has 116 valence electrons. The second-order valence-electron chi connectivity index (χ2n) is 5.69. The first-order chi connectivity index (χ1) is 11.2. The highest BCUT2D eigenvalue weighted by Crippen LogP contribution is 2.36. The zero-order chi connectivity index (χ0) is 15.8. The van der Waals surface area contributed by atoms with Crippen molar-refractivity contribution in [3.8, 4) is 0 Å². The zero-order valence-electron chi connectivity index (χ0n) is 12.8. The molecule has 1 aromatic heterocycles. The molecule has 3 aromatic rings. The van der Waals surface area contributed by atoms with Gasteiger partial charge in [0.25, 0.3) is 0 Å². The van der Waals surface area contributed by atoms with Gasteiger partial charge < -0.3 is 5.32 Å². The van der Waals surface area contributed by atoms with Gasteiger partial charge in [-0.2, -0.15) is 0 Å². The monoisotopic (exact) mass is 340 g/mol. The highest BCUT2D eigenvalue weighted by Gasteiger charge is 2.16. The van der Waals surface area contributed by atoms with Crippen LogP contribution in [0.3, 0.4) is 0 Å². The highest BCUT2D eigenvalue weighted by atomic mass is 32.2. The molecule has 0 atom stereocenters. The van der Waals surface area contributed by atoms with Gasteiger partial charge in [-0.05, 0) is 47.7 Å². The molecule has 0 unspecified atom stereocenters. The Labute approximate surface area is 143 Å². The molecule has 5 heteroatoms. The van der Waals surface area contributed by atoms with E-state index in [4.69, 9.17) is 0 Å². The Kier molecular flexibility index (Phi) is 3.83. The van der Waals surface area contributed by atoms with Gasteiger partial charge in [-0.1, -0.05) is 24.3 Å². The van der Waals surface area contributed by atoms with Crippen LogP contribution in [0.4, 0.5) is 5.13 Å². The average Bonchev–Trinajstić information content (AvgIpc) is 3.15. The van der Waals surface area contributed by atoms with E-state index in [1.54, 1.807) is 11.8 Å². The van der Waals surface area contributed by atoms with E-state index in [1.165, 1.54) is 38.1 Å². The normalized spacial score (nSPS) is 12.7. The van der Waals surface area contributed by atoms with E-state index >= 15 is 0 Å². The molecule has 1 aliphatic rings. The van der Waals surface area contributed by atoms with E-state index in [1.807, 2.05) is 12.3 Å². The van der Waals surface area contributed by atoms with Crippen LogP contribution in [0.25, 0.3) is 10.8 Å². The number of nitrogens with zero attached hydrogens (tertiary/aromatic N) is 1. The molecule has 0 bridgehead atoms. The Bertz CT molecular complexity index is 891. The van der Waals surface area contributed by atoms with Crippen molar-refractivity contribution in [1.29, 1.82) is 0 Å². The minimum atomic E-state index is -0.00685. The first-order valence-electron chi connectivity index (χ1n) is 7.59. The number of anilines is 1. The smallest absolute Gasteiger partial charge is 0.236 e. The molecular weight excluding hydrogens is 324 g/mol. The van der Waals surface area contributed by atoms with E-state index < -0.39 is 0 Å². The maximum absolute atomic E-state index is 12.1. The second kappa shape index (κ2) is 5.98. The number of nitrogens with one attached hydrogen (secondary N) is 1. The highest BCUT2D eigenvalue weighted by molar-refractivity contribution is 8.00. The molecule has 0 radical (unpaired) electrons. The molecule has 0 fully saturated rings. The van der Waals surface area contributed by atoms with Crippen molar-refractivity contribution in [3.63, 3.8) is 0 Å². The number of carbonyl (C=O) groups is 1. The zero-order valence-corrected chi connectivity index (χ0v) is 14.4. The number of aromatic nitrogens is 1. The minimum absolute atomic E-state index is 0.00685. The molecule has 1 N–H and O–H groups in total. The Morgan fingerprint density at radius 2 is 2.09 bits per heavy atom. The van der Waals surface area contributed by atoms with Gasteiger partial charge in [0, 0.05) is 10.3 Å². The second-order valence-corrected chi connectivity index (χ2v) is 7.57. The summed E-state index contributed by atoms with van der Waals surface area (Å²) < 4.78 is 0. The third kappa shape index (κ3) is 2.86. The van der Waals surface area contributed by atoms with Crippen LogP contribution in [0.1, 0.15) is 16.8 Å². The van der Waals surface area contributed by atoms with E-state index in [9.17, 15) is 4.79 Å². The predicted molar refractivity (Wildman–Crippen MR) is 97.6 cm³/mol. The van der Waals surface area contributed by atoms with Crippen molar-refractivity contribution in [2.75, 3.05) is 11.1 Å². The molecule has 4 rings (SSSR count). The first kappa shape index (κ1) is 14.7. The Hall–Kier alpha value is -1.85. The summed E-state index contributed by atoms with van der Waals surface area (Å²) in [6.07, 6.45) is 2.26.